The Morgan fingerprint density at radius 2 is 1.81 bits per heavy atom. The van der Waals surface area contributed by atoms with Crippen molar-refractivity contribution in [1.29, 1.82) is 0 Å². The molecule has 0 saturated heterocycles. The van der Waals surface area contributed by atoms with E-state index in [1.54, 1.807) is 13.0 Å². The molecule has 0 aliphatic rings. The topological polar surface area (TPSA) is 37.3 Å². The van der Waals surface area contributed by atoms with Crippen LogP contribution >= 0.6 is 0 Å². The molecule has 0 aromatic heterocycles. The van der Waals surface area contributed by atoms with Gasteiger partial charge in [0.25, 0.3) is 0 Å². The minimum absolute atomic E-state index is 0.0204. The monoisotopic (exact) mass is 218 g/mol. The summed E-state index contributed by atoms with van der Waals surface area (Å²) in [7, 11) is 0. The van der Waals surface area contributed by atoms with Crippen molar-refractivity contribution < 1.29 is 9.90 Å². The average molecular weight is 218 g/mol. The van der Waals surface area contributed by atoms with Gasteiger partial charge in [0.2, 0.25) is 0 Å². The molecule has 2 nitrogen and oxygen atoms in total. The molecular formula is C14H18O2. The van der Waals surface area contributed by atoms with Gasteiger partial charge in [-0.25, -0.2) is 0 Å². The van der Waals surface area contributed by atoms with Crippen molar-refractivity contribution in [2.45, 2.75) is 27.7 Å². The predicted molar refractivity (Wildman–Crippen MR) is 65.7 cm³/mol. The number of Topliss-reactive ketones (excluding diaryl/α,β-unsaturated/α-hetero) is 1. The van der Waals surface area contributed by atoms with Gasteiger partial charge in [0, 0.05) is 17.1 Å². The van der Waals surface area contributed by atoms with Crippen LogP contribution in [-0.4, -0.2) is 10.9 Å². The van der Waals surface area contributed by atoms with E-state index < -0.39 is 0 Å². The van der Waals surface area contributed by atoms with Gasteiger partial charge in [-0.3, -0.25) is 4.79 Å². The number of aliphatic hydroxyl groups excluding tert-OH is 1. The molecule has 0 bridgehead atoms. The molecule has 16 heavy (non-hydrogen) atoms. The average Bonchev–Trinajstić information content (AvgIpc) is 2.26. The molecule has 0 atom stereocenters. The van der Waals surface area contributed by atoms with Crippen LogP contribution in [0.5, 0.6) is 0 Å². The highest BCUT2D eigenvalue weighted by Crippen LogP contribution is 2.18. The summed E-state index contributed by atoms with van der Waals surface area (Å²) in [6, 6.07) is 7.41. The second-order valence-corrected chi connectivity index (χ2v) is 4.31. The highest BCUT2D eigenvalue weighted by molar-refractivity contribution is 6.09. The van der Waals surface area contributed by atoms with Gasteiger partial charge in [0.15, 0.2) is 5.78 Å². The molecule has 0 fully saturated rings. The molecule has 0 radical (unpaired) electrons. The molecule has 0 saturated carbocycles. The lowest BCUT2D eigenvalue weighted by molar-refractivity contribution is 0.102. The Balaban J connectivity index is 3.14. The van der Waals surface area contributed by atoms with Crippen LogP contribution in [0.4, 0.5) is 0 Å². The zero-order valence-corrected chi connectivity index (χ0v) is 10.2. The first-order chi connectivity index (χ1) is 7.45. The Morgan fingerprint density at radius 3 is 2.31 bits per heavy atom. The summed E-state index contributed by atoms with van der Waals surface area (Å²) in [5.74, 6) is 0.0607. The first-order valence-corrected chi connectivity index (χ1v) is 5.45. The zero-order valence-electron chi connectivity index (χ0n) is 10.2. The first kappa shape index (κ1) is 12.5. The lowest BCUT2D eigenvalue weighted by Gasteiger charge is -2.10. The van der Waals surface area contributed by atoms with Gasteiger partial charge in [-0.05, 0) is 19.4 Å². The van der Waals surface area contributed by atoms with Crippen molar-refractivity contribution in [2.75, 3.05) is 0 Å². The summed E-state index contributed by atoms with van der Waals surface area (Å²) in [5.41, 5.74) is 2.03. The van der Waals surface area contributed by atoms with Crippen LogP contribution in [-0.2, 0) is 0 Å². The molecule has 1 aromatic carbocycles. The Labute approximate surface area is 96.6 Å². The number of allylic oxidation sites excluding steroid dienone is 2. The van der Waals surface area contributed by atoms with Crippen molar-refractivity contribution >= 4 is 5.78 Å². The standard InChI is InChI=1S/C14H18O2/c1-9(2)13(15)11(4)14(16)12-8-6-5-7-10(12)3/h5-9,15H,1-4H3/b13-11-. The lowest BCUT2D eigenvalue weighted by Crippen LogP contribution is -2.08. The van der Waals surface area contributed by atoms with E-state index in [1.807, 2.05) is 39.0 Å². The molecule has 0 amide bonds. The molecule has 2 heteroatoms. The van der Waals surface area contributed by atoms with Crippen molar-refractivity contribution in [3.8, 4) is 0 Å². The van der Waals surface area contributed by atoms with Crippen molar-refractivity contribution in [3.05, 3.63) is 46.7 Å². The van der Waals surface area contributed by atoms with Gasteiger partial charge in [-0.2, -0.15) is 0 Å². The van der Waals surface area contributed by atoms with Crippen LogP contribution in [0.1, 0.15) is 36.7 Å². The SMILES string of the molecule is C/C(C(=O)c1ccccc1C)=C(/O)C(C)C. The van der Waals surface area contributed by atoms with Crippen LogP contribution < -0.4 is 0 Å². The highest BCUT2D eigenvalue weighted by atomic mass is 16.3. The summed E-state index contributed by atoms with van der Waals surface area (Å²) in [6.07, 6.45) is 0. The van der Waals surface area contributed by atoms with Gasteiger partial charge in [-0.15, -0.1) is 0 Å². The molecule has 0 aliphatic carbocycles. The third kappa shape index (κ3) is 2.51. The smallest absolute Gasteiger partial charge is 0.192 e. The van der Waals surface area contributed by atoms with Crippen LogP contribution in [0.2, 0.25) is 0 Å². The maximum absolute atomic E-state index is 12.1. The van der Waals surface area contributed by atoms with Gasteiger partial charge in [0.1, 0.15) is 5.76 Å². The normalized spacial score (nSPS) is 12.6. The fourth-order valence-electron chi connectivity index (χ4n) is 1.58. The van der Waals surface area contributed by atoms with Gasteiger partial charge >= 0.3 is 0 Å². The number of aliphatic hydroxyl groups is 1. The molecule has 1 aromatic rings. The second-order valence-electron chi connectivity index (χ2n) is 4.31. The summed E-state index contributed by atoms with van der Waals surface area (Å²) < 4.78 is 0. The molecule has 0 unspecified atom stereocenters. The van der Waals surface area contributed by atoms with E-state index in [1.165, 1.54) is 0 Å². The zero-order chi connectivity index (χ0) is 12.3. The van der Waals surface area contributed by atoms with E-state index in [2.05, 4.69) is 0 Å². The predicted octanol–water partition coefficient (Wildman–Crippen LogP) is 3.67. The largest absolute Gasteiger partial charge is 0.512 e. The summed E-state index contributed by atoms with van der Waals surface area (Å²) in [4.78, 5) is 12.1. The van der Waals surface area contributed by atoms with Crippen LogP contribution in [0.15, 0.2) is 35.6 Å². The number of carbonyl (C=O) groups excluding carboxylic acids is 1. The van der Waals surface area contributed by atoms with Gasteiger partial charge < -0.3 is 5.11 Å². The van der Waals surface area contributed by atoms with E-state index in [0.29, 0.717) is 11.1 Å². The Bertz CT molecular complexity index is 428. The molecule has 0 heterocycles. The molecule has 0 spiro atoms. The molecule has 1 N–H and O–H groups in total. The van der Waals surface area contributed by atoms with E-state index >= 15 is 0 Å². The Morgan fingerprint density at radius 1 is 1.25 bits per heavy atom. The maximum atomic E-state index is 12.1. The van der Waals surface area contributed by atoms with Crippen molar-refractivity contribution in [1.82, 2.24) is 0 Å². The Kier molecular flexibility index (Phi) is 3.88. The highest BCUT2D eigenvalue weighted by Gasteiger charge is 2.15. The van der Waals surface area contributed by atoms with E-state index in [-0.39, 0.29) is 17.5 Å². The summed E-state index contributed by atoms with van der Waals surface area (Å²) in [5, 5.41) is 9.78. The van der Waals surface area contributed by atoms with Crippen LogP contribution in [0.25, 0.3) is 0 Å². The maximum Gasteiger partial charge on any atom is 0.192 e. The van der Waals surface area contributed by atoms with Crippen LogP contribution in [0, 0.1) is 12.8 Å². The summed E-state index contributed by atoms with van der Waals surface area (Å²) in [6.45, 7) is 7.30. The minimum atomic E-state index is -0.0932. The Hall–Kier alpha value is -1.57. The summed E-state index contributed by atoms with van der Waals surface area (Å²) >= 11 is 0. The number of carbonyl (C=O) groups is 1. The van der Waals surface area contributed by atoms with Crippen molar-refractivity contribution in [3.63, 3.8) is 0 Å². The number of rotatable bonds is 3. The van der Waals surface area contributed by atoms with E-state index in [4.69, 9.17) is 0 Å². The lowest BCUT2D eigenvalue weighted by atomic mass is 9.97. The number of hydrogen-bond acceptors (Lipinski definition) is 2. The molecule has 0 aliphatic heterocycles. The van der Waals surface area contributed by atoms with Crippen molar-refractivity contribution in [2.24, 2.45) is 5.92 Å². The van der Waals surface area contributed by atoms with Crippen LogP contribution in [0.3, 0.4) is 0 Å². The minimum Gasteiger partial charge on any atom is -0.512 e. The number of ketones is 1. The third-order valence-corrected chi connectivity index (χ3v) is 2.66. The molecular weight excluding hydrogens is 200 g/mol. The molecule has 1 rings (SSSR count). The van der Waals surface area contributed by atoms with E-state index in [0.717, 1.165) is 5.56 Å². The third-order valence-electron chi connectivity index (χ3n) is 2.66. The number of benzene rings is 1. The second kappa shape index (κ2) is 4.97. The number of aryl methyl sites for hydroxylation is 1. The fraction of sp³-hybridized carbons (Fsp3) is 0.357. The van der Waals surface area contributed by atoms with Gasteiger partial charge in [0.05, 0.1) is 0 Å². The number of hydrogen-bond donors (Lipinski definition) is 1. The molecule has 86 valence electrons. The van der Waals surface area contributed by atoms with Gasteiger partial charge in [-0.1, -0.05) is 38.1 Å². The fourth-order valence-corrected chi connectivity index (χ4v) is 1.58. The van der Waals surface area contributed by atoms with E-state index in [9.17, 15) is 9.90 Å². The quantitative estimate of drug-likeness (QED) is 0.477. The first-order valence-electron chi connectivity index (χ1n) is 5.45.